The number of hydrogen-bond acceptors (Lipinski definition) is 6. The molecule has 0 aliphatic carbocycles. The van der Waals surface area contributed by atoms with E-state index in [-0.39, 0.29) is 5.75 Å². The fourth-order valence-electron chi connectivity index (χ4n) is 1.60. The smallest absolute Gasteiger partial charge is 0.341 e. The third-order valence-corrected chi connectivity index (χ3v) is 3.20. The van der Waals surface area contributed by atoms with E-state index in [0.717, 1.165) is 0 Å². The molecule has 0 fully saturated rings. The van der Waals surface area contributed by atoms with Crippen LogP contribution in [0.5, 0.6) is 5.75 Å². The molecule has 0 aromatic heterocycles. The SMILES string of the molecule is COCCCNC(=O)C(=O)N/N=C\c1cc(Br)ccc1OCC(=O)O. The molecule has 10 heteroatoms. The fourth-order valence-corrected chi connectivity index (χ4v) is 1.98. The van der Waals surface area contributed by atoms with Crippen molar-refractivity contribution in [1.29, 1.82) is 0 Å². The van der Waals surface area contributed by atoms with Crippen molar-refractivity contribution in [3.8, 4) is 5.75 Å². The third kappa shape index (κ3) is 8.27. The minimum absolute atomic E-state index is 0.271. The number of nitrogens with one attached hydrogen (secondary N) is 2. The summed E-state index contributed by atoms with van der Waals surface area (Å²) in [5.74, 6) is -2.58. The Morgan fingerprint density at radius 3 is 2.76 bits per heavy atom. The first kappa shape index (κ1) is 20.6. The second kappa shape index (κ2) is 11.2. The van der Waals surface area contributed by atoms with Crippen molar-refractivity contribution in [2.24, 2.45) is 5.10 Å². The van der Waals surface area contributed by atoms with Crippen molar-refractivity contribution in [3.05, 3.63) is 28.2 Å². The first-order valence-electron chi connectivity index (χ1n) is 7.18. The normalized spacial score (nSPS) is 10.5. The number of aliphatic carboxylic acids is 1. The summed E-state index contributed by atoms with van der Waals surface area (Å²) in [7, 11) is 1.54. The average molecular weight is 416 g/mol. The zero-order chi connectivity index (χ0) is 18.7. The summed E-state index contributed by atoms with van der Waals surface area (Å²) in [6.07, 6.45) is 1.83. The number of rotatable bonds is 9. The van der Waals surface area contributed by atoms with Crippen LogP contribution in [0.15, 0.2) is 27.8 Å². The standard InChI is InChI=1S/C15H18BrN3O6/c1-24-6-2-5-17-14(22)15(23)19-18-8-10-7-11(16)3-4-12(10)25-9-13(20)21/h3-4,7-8H,2,5-6,9H2,1H3,(H,17,22)(H,19,23)(H,20,21)/b18-8-. The predicted molar refractivity (Wildman–Crippen MR) is 92.5 cm³/mol. The number of amides is 2. The van der Waals surface area contributed by atoms with Crippen LogP contribution in [0.25, 0.3) is 0 Å². The van der Waals surface area contributed by atoms with E-state index in [2.05, 4.69) is 31.8 Å². The Hall–Kier alpha value is -2.46. The van der Waals surface area contributed by atoms with Gasteiger partial charge in [-0.2, -0.15) is 5.10 Å². The molecule has 1 aromatic rings. The molecule has 0 spiro atoms. The second-order valence-electron chi connectivity index (χ2n) is 4.67. The number of carbonyl (C=O) groups is 3. The lowest BCUT2D eigenvalue weighted by Gasteiger charge is -2.07. The van der Waals surface area contributed by atoms with Crippen molar-refractivity contribution < 1.29 is 29.0 Å². The maximum Gasteiger partial charge on any atom is 0.341 e. The molecule has 2 amide bonds. The quantitative estimate of drug-likeness (QED) is 0.233. The van der Waals surface area contributed by atoms with E-state index in [1.54, 1.807) is 25.3 Å². The van der Waals surface area contributed by atoms with Gasteiger partial charge in [0.15, 0.2) is 6.61 Å². The van der Waals surface area contributed by atoms with E-state index in [9.17, 15) is 14.4 Å². The van der Waals surface area contributed by atoms with E-state index >= 15 is 0 Å². The minimum Gasteiger partial charge on any atom is -0.481 e. The summed E-state index contributed by atoms with van der Waals surface area (Å²) in [6.45, 7) is 0.267. The molecule has 0 saturated carbocycles. The van der Waals surface area contributed by atoms with Gasteiger partial charge in [0.1, 0.15) is 5.75 Å². The van der Waals surface area contributed by atoms with Gasteiger partial charge in [-0.1, -0.05) is 15.9 Å². The topological polar surface area (TPSA) is 126 Å². The molecular weight excluding hydrogens is 398 g/mol. The lowest BCUT2D eigenvalue weighted by Crippen LogP contribution is -2.38. The maximum atomic E-state index is 11.6. The van der Waals surface area contributed by atoms with Gasteiger partial charge in [-0.05, 0) is 24.6 Å². The Balaban J connectivity index is 2.59. The van der Waals surface area contributed by atoms with Gasteiger partial charge in [-0.15, -0.1) is 0 Å². The van der Waals surface area contributed by atoms with Gasteiger partial charge >= 0.3 is 17.8 Å². The summed E-state index contributed by atoms with van der Waals surface area (Å²) in [6, 6.07) is 4.84. The number of carboxylic acids is 1. The number of ether oxygens (including phenoxy) is 2. The molecule has 136 valence electrons. The van der Waals surface area contributed by atoms with Crippen molar-refractivity contribution >= 4 is 39.9 Å². The predicted octanol–water partition coefficient (Wildman–Crippen LogP) is 0.515. The average Bonchev–Trinajstić information content (AvgIpc) is 2.57. The van der Waals surface area contributed by atoms with Crippen LogP contribution < -0.4 is 15.5 Å². The molecular formula is C15H18BrN3O6. The van der Waals surface area contributed by atoms with Crippen LogP contribution in [0.3, 0.4) is 0 Å². The maximum absolute atomic E-state index is 11.6. The molecule has 9 nitrogen and oxygen atoms in total. The van der Waals surface area contributed by atoms with Gasteiger partial charge in [-0.3, -0.25) is 9.59 Å². The van der Waals surface area contributed by atoms with E-state index in [0.29, 0.717) is 29.6 Å². The first-order chi connectivity index (χ1) is 11.9. The summed E-state index contributed by atoms with van der Waals surface area (Å²) in [5.41, 5.74) is 2.51. The zero-order valence-electron chi connectivity index (χ0n) is 13.5. The molecule has 0 unspecified atom stereocenters. The number of nitrogens with zero attached hydrogens (tertiary/aromatic N) is 1. The fraction of sp³-hybridized carbons (Fsp3) is 0.333. The lowest BCUT2D eigenvalue weighted by molar-refractivity contribution is -0.139. The van der Waals surface area contributed by atoms with Crippen LogP contribution in [0, 0.1) is 0 Å². The third-order valence-electron chi connectivity index (χ3n) is 2.71. The molecule has 0 saturated heterocycles. The van der Waals surface area contributed by atoms with Gasteiger partial charge < -0.3 is 19.9 Å². The molecule has 0 bridgehead atoms. The number of methoxy groups -OCH3 is 1. The summed E-state index contributed by atoms with van der Waals surface area (Å²) in [4.78, 5) is 33.7. The summed E-state index contributed by atoms with van der Waals surface area (Å²) < 4.78 is 10.7. The van der Waals surface area contributed by atoms with Crippen molar-refractivity contribution in [3.63, 3.8) is 0 Å². The number of hydrazone groups is 1. The number of carbonyl (C=O) groups excluding carboxylic acids is 2. The van der Waals surface area contributed by atoms with Crippen LogP contribution in [0.2, 0.25) is 0 Å². The zero-order valence-corrected chi connectivity index (χ0v) is 15.0. The Morgan fingerprint density at radius 2 is 2.08 bits per heavy atom. The Labute approximate surface area is 152 Å². The number of hydrogen-bond donors (Lipinski definition) is 3. The highest BCUT2D eigenvalue weighted by Crippen LogP contribution is 2.21. The van der Waals surface area contributed by atoms with E-state index < -0.39 is 24.4 Å². The molecule has 25 heavy (non-hydrogen) atoms. The molecule has 0 aliphatic rings. The van der Waals surface area contributed by atoms with Gasteiger partial charge in [-0.25, -0.2) is 10.2 Å². The van der Waals surface area contributed by atoms with Crippen LogP contribution >= 0.6 is 15.9 Å². The Kier molecular flexibility index (Phi) is 9.19. The van der Waals surface area contributed by atoms with Crippen LogP contribution in [0.4, 0.5) is 0 Å². The highest BCUT2D eigenvalue weighted by atomic mass is 79.9. The van der Waals surface area contributed by atoms with Gasteiger partial charge in [0.05, 0.1) is 6.21 Å². The molecule has 0 radical (unpaired) electrons. The van der Waals surface area contributed by atoms with E-state index in [1.807, 2.05) is 0 Å². The largest absolute Gasteiger partial charge is 0.481 e. The van der Waals surface area contributed by atoms with Gasteiger partial charge in [0.2, 0.25) is 0 Å². The molecule has 0 atom stereocenters. The lowest BCUT2D eigenvalue weighted by atomic mass is 10.2. The Bertz CT molecular complexity index is 650. The van der Waals surface area contributed by atoms with Crippen LogP contribution in [-0.4, -0.2) is 56.0 Å². The summed E-state index contributed by atoms with van der Waals surface area (Å²) in [5, 5.41) is 14.8. The van der Waals surface area contributed by atoms with Crippen molar-refractivity contribution in [2.75, 3.05) is 26.9 Å². The van der Waals surface area contributed by atoms with Crippen molar-refractivity contribution in [2.45, 2.75) is 6.42 Å². The molecule has 3 N–H and O–H groups in total. The monoisotopic (exact) mass is 415 g/mol. The van der Waals surface area contributed by atoms with Crippen LogP contribution in [0.1, 0.15) is 12.0 Å². The second-order valence-corrected chi connectivity index (χ2v) is 5.58. The van der Waals surface area contributed by atoms with Crippen LogP contribution in [-0.2, 0) is 19.1 Å². The van der Waals surface area contributed by atoms with Gasteiger partial charge in [0, 0.05) is 30.3 Å². The molecule has 0 aliphatic heterocycles. The van der Waals surface area contributed by atoms with Gasteiger partial charge in [0.25, 0.3) is 0 Å². The Morgan fingerprint density at radius 1 is 1.32 bits per heavy atom. The number of halogens is 1. The number of carboxylic acid groups (broad SMARTS) is 1. The number of benzene rings is 1. The minimum atomic E-state index is -1.12. The highest BCUT2D eigenvalue weighted by Gasteiger charge is 2.11. The first-order valence-corrected chi connectivity index (χ1v) is 7.97. The molecule has 1 aromatic carbocycles. The molecule has 0 heterocycles. The summed E-state index contributed by atoms with van der Waals surface area (Å²) >= 11 is 3.27. The highest BCUT2D eigenvalue weighted by molar-refractivity contribution is 9.10. The van der Waals surface area contributed by atoms with E-state index in [4.69, 9.17) is 14.6 Å². The molecule has 1 rings (SSSR count). The van der Waals surface area contributed by atoms with E-state index in [1.165, 1.54) is 6.21 Å². The van der Waals surface area contributed by atoms with Crippen molar-refractivity contribution in [1.82, 2.24) is 10.7 Å².